The average molecular weight is 434 g/mol. The molecule has 154 valence electrons. The molecule has 2 aromatic heterocycles. The number of nitrogens with one attached hydrogen (secondary N) is 1. The summed E-state index contributed by atoms with van der Waals surface area (Å²) in [6.45, 7) is 6.02. The molecule has 0 aliphatic carbocycles. The summed E-state index contributed by atoms with van der Waals surface area (Å²) in [5.41, 5.74) is 0. The fraction of sp³-hybridized carbons (Fsp3) is 0.368. The second kappa shape index (κ2) is 9.75. The molecular formula is C19H23N5O3S2. The van der Waals surface area contributed by atoms with Crippen LogP contribution in [0.3, 0.4) is 0 Å². The Morgan fingerprint density at radius 1 is 1.28 bits per heavy atom. The second-order valence-electron chi connectivity index (χ2n) is 6.42. The third-order valence-electron chi connectivity index (χ3n) is 3.94. The lowest BCUT2D eigenvalue weighted by Gasteiger charge is -2.19. The van der Waals surface area contributed by atoms with Crippen LogP contribution in [-0.2, 0) is 4.79 Å². The molecule has 29 heavy (non-hydrogen) atoms. The number of carbonyl (C=O) groups is 1. The smallest absolute Gasteiger partial charge is 0.236 e. The van der Waals surface area contributed by atoms with Crippen LogP contribution < -0.4 is 14.8 Å². The van der Waals surface area contributed by atoms with E-state index in [0.717, 1.165) is 5.75 Å². The molecule has 1 N–H and O–H groups in total. The summed E-state index contributed by atoms with van der Waals surface area (Å²) in [5, 5.41) is 14.4. The molecule has 10 heteroatoms. The van der Waals surface area contributed by atoms with Crippen molar-refractivity contribution in [2.75, 3.05) is 18.2 Å². The SMILES string of the molecule is COc1cccc(OC(C)c2nnc(SCC(=O)Nc3nccs3)n2C(C)C)c1. The van der Waals surface area contributed by atoms with Gasteiger partial charge in [-0.3, -0.25) is 4.79 Å². The first-order chi connectivity index (χ1) is 14.0. The number of carbonyl (C=O) groups excluding carboxylic acids is 1. The van der Waals surface area contributed by atoms with Crippen LogP contribution in [0.25, 0.3) is 0 Å². The normalized spacial score (nSPS) is 12.0. The number of thioether (sulfide) groups is 1. The number of hydrogen-bond acceptors (Lipinski definition) is 8. The number of anilines is 1. The molecule has 2 heterocycles. The maximum absolute atomic E-state index is 12.1. The van der Waals surface area contributed by atoms with Gasteiger partial charge >= 0.3 is 0 Å². The molecule has 0 fully saturated rings. The van der Waals surface area contributed by atoms with E-state index in [1.807, 2.05) is 55.0 Å². The average Bonchev–Trinajstić information content (AvgIpc) is 3.36. The zero-order valence-corrected chi connectivity index (χ0v) is 18.3. The summed E-state index contributed by atoms with van der Waals surface area (Å²) in [6.07, 6.45) is 1.33. The number of benzene rings is 1. The van der Waals surface area contributed by atoms with E-state index in [-0.39, 0.29) is 23.8 Å². The minimum atomic E-state index is -0.324. The van der Waals surface area contributed by atoms with E-state index in [1.54, 1.807) is 13.3 Å². The van der Waals surface area contributed by atoms with Crippen LogP contribution in [0.5, 0.6) is 11.5 Å². The lowest BCUT2D eigenvalue weighted by atomic mass is 10.3. The van der Waals surface area contributed by atoms with Gasteiger partial charge in [0.1, 0.15) is 11.5 Å². The van der Waals surface area contributed by atoms with E-state index >= 15 is 0 Å². The molecule has 3 rings (SSSR count). The minimum Gasteiger partial charge on any atom is -0.497 e. The van der Waals surface area contributed by atoms with E-state index in [1.165, 1.54) is 23.1 Å². The number of nitrogens with zero attached hydrogens (tertiary/aromatic N) is 4. The Morgan fingerprint density at radius 2 is 2.07 bits per heavy atom. The molecule has 1 atom stereocenters. The maximum atomic E-state index is 12.1. The number of rotatable bonds is 9. The van der Waals surface area contributed by atoms with Crippen LogP contribution >= 0.6 is 23.1 Å². The Kier molecular flexibility index (Phi) is 7.10. The van der Waals surface area contributed by atoms with E-state index < -0.39 is 0 Å². The van der Waals surface area contributed by atoms with Crippen molar-refractivity contribution < 1.29 is 14.3 Å². The van der Waals surface area contributed by atoms with Crippen molar-refractivity contribution in [1.82, 2.24) is 19.7 Å². The predicted octanol–water partition coefficient (Wildman–Crippen LogP) is 4.19. The molecule has 8 nitrogen and oxygen atoms in total. The molecule has 1 aromatic carbocycles. The summed E-state index contributed by atoms with van der Waals surface area (Å²) in [4.78, 5) is 16.2. The molecule has 3 aromatic rings. The summed E-state index contributed by atoms with van der Waals surface area (Å²) >= 11 is 2.72. The molecule has 0 saturated carbocycles. The van der Waals surface area contributed by atoms with Crippen molar-refractivity contribution in [3.63, 3.8) is 0 Å². The first kappa shape index (κ1) is 21.1. The lowest BCUT2D eigenvalue weighted by molar-refractivity contribution is -0.113. The van der Waals surface area contributed by atoms with Gasteiger partial charge in [-0.15, -0.1) is 21.5 Å². The zero-order valence-electron chi connectivity index (χ0n) is 16.7. The summed E-state index contributed by atoms with van der Waals surface area (Å²) in [6, 6.07) is 7.54. The molecule has 0 radical (unpaired) electrons. The van der Waals surface area contributed by atoms with E-state index in [4.69, 9.17) is 9.47 Å². The van der Waals surface area contributed by atoms with Crippen molar-refractivity contribution >= 4 is 34.1 Å². The third-order valence-corrected chi connectivity index (χ3v) is 5.57. The summed E-state index contributed by atoms with van der Waals surface area (Å²) < 4.78 is 13.3. The van der Waals surface area contributed by atoms with Gasteiger partial charge in [-0.2, -0.15) is 0 Å². The number of hydrogen-bond donors (Lipinski definition) is 1. The Hall–Kier alpha value is -2.59. The number of aromatic nitrogens is 4. The van der Waals surface area contributed by atoms with E-state index in [9.17, 15) is 4.79 Å². The monoisotopic (exact) mass is 433 g/mol. The molecule has 0 aliphatic heterocycles. The Balaban J connectivity index is 1.69. The fourth-order valence-electron chi connectivity index (χ4n) is 2.65. The van der Waals surface area contributed by atoms with Gasteiger partial charge in [0.25, 0.3) is 0 Å². The van der Waals surface area contributed by atoms with Gasteiger partial charge < -0.3 is 19.4 Å². The van der Waals surface area contributed by atoms with Gasteiger partial charge in [0.05, 0.1) is 12.9 Å². The molecule has 0 saturated heterocycles. The highest BCUT2D eigenvalue weighted by atomic mass is 32.2. The second-order valence-corrected chi connectivity index (χ2v) is 8.25. The largest absolute Gasteiger partial charge is 0.497 e. The van der Waals surface area contributed by atoms with Crippen LogP contribution in [0.2, 0.25) is 0 Å². The Bertz CT molecular complexity index is 943. The van der Waals surface area contributed by atoms with Gasteiger partial charge in [0.15, 0.2) is 22.2 Å². The van der Waals surface area contributed by atoms with Crippen molar-refractivity contribution in [2.45, 2.75) is 38.1 Å². The topological polar surface area (TPSA) is 91.2 Å². The highest BCUT2D eigenvalue weighted by Gasteiger charge is 2.22. The van der Waals surface area contributed by atoms with Gasteiger partial charge in [0, 0.05) is 23.7 Å². The van der Waals surface area contributed by atoms with E-state index in [2.05, 4.69) is 20.5 Å². The van der Waals surface area contributed by atoms with Crippen LogP contribution in [0, 0.1) is 0 Å². The van der Waals surface area contributed by atoms with Crippen molar-refractivity contribution in [3.05, 3.63) is 41.7 Å². The number of methoxy groups -OCH3 is 1. The maximum Gasteiger partial charge on any atom is 0.236 e. The number of ether oxygens (including phenoxy) is 2. The first-order valence-electron chi connectivity index (χ1n) is 9.05. The fourth-order valence-corrected chi connectivity index (χ4v) is 4.07. The van der Waals surface area contributed by atoms with Gasteiger partial charge in [-0.25, -0.2) is 4.98 Å². The summed E-state index contributed by atoms with van der Waals surface area (Å²) in [7, 11) is 1.62. The standard InChI is InChI=1S/C19H23N5O3S2/c1-12(2)24-17(13(3)27-15-7-5-6-14(10-15)26-4)22-23-19(24)29-11-16(25)21-18-20-8-9-28-18/h5-10,12-13H,11H2,1-4H3,(H,20,21,25). The highest BCUT2D eigenvalue weighted by Crippen LogP contribution is 2.29. The molecule has 0 aliphatic rings. The van der Waals surface area contributed by atoms with Crippen LogP contribution in [0.4, 0.5) is 5.13 Å². The van der Waals surface area contributed by atoms with Crippen molar-refractivity contribution in [2.24, 2.45) is 0 Å². The number of thiazole rings is 1. The molecule has 0 bridgehead atoms. The Morgan fingerprint density at radius 3 is 2.76 bits per heavy atom. The first-order valence-corrected chi connectivity index (χ1v) is 10.9. The summed E-state index contributed by atoms with van der Waals surface area (Å²) in [5.74, 6) is 2.20. The Labute approximate surface area is 177 Å². The van der Waals surface area contributed by atoms with Crippen LogP contribution in [-0.4, -0.2) is 38.5 Å². The molecule has 1 unspecified atom stereocenters. The highest BCUT2D eigenvalue weighted by molar-refractivity contribution is 7.99. The van der Waals surface area contributed by atoms with Crippen LogP contribution in [0.15, 0.2) is 41.0 Å². The molecule has 1 amide bonds. The number of amides is 1. The molecule has 0 spiro atoms. The lowest BCUT2D eigenvalue weighted by Crippen LogP contribution is -2.16. The predicted molar refractivity (Wildman–Crippen MR) is 114 cm³/mol. The zero-order chi connectivity index (χ0) is 20.8. The van der Waals surface area contributed by atoms with Gasteiger partial charge in [-0.1, -0.05) is 17.8 Å². The minimum absolute atomic E-state index is 0.112. The van der Waals surface area contributed by atoms with Gasteiger partial charge in [0.2, 0.25) is 5.91 Å². The van der Waals surface area contributed by atoms with E-state index in [0.29, 0.717) is 21.9 Å². The van der Waals surface area contributed by atoms with Gasteiger partial charge in [-0.05, 0) is 32.9 Å². The molecular weight excluding hydrogens is 410 g/mol. The van der Waals surface area contributed by atoms with Crippen molar-refractivity contribution in [3.8, 4) is 11.5 Å². The quantitative estimate of drug-likeness (QED) is 0.506. The third kappa shape index (κ3) is 5.48. The van der Waals surface area contributed by atoms with Crippen LogP contribution in [0.1, 0.15) is 38.7 Å². The van der Waals surface area contributed by atoms with Crippen molar-refractivity contribution in [1.29, 1.82) is 0 Å².